The highest BCUT2D eigenvalue weighted by molar-refractivity contribution is 5.91. The van der Waals surface area contributed by atoms with Gasteiger partial charge in [0, 0.05) is 24.2 Å². The van der Waals surface area contributed by atoms with Gasteiger partial charge in [0.15, 0.2) is 0 Å². The molecular formula is C26H21F2N5O2. The van der Waals surface area contributed by atoms with Gasteiger partial charge in [-0.1, -0.05) is 24.3 Å². The molecule has 3 aromatic carbocycles. The molecule has 0 aliphatic rings. The van der Waals surface area contributed by atoms with E-state index < -0.39 is 6.55 Å². The van der Waals surface area contributed by atoms with Crippen molar-refractivity contribution in [1.29, 1.82) is 0 Å². The second-order valence-electron chi connectivity index (χ2n) is 8.06. The number of aromatic nitrogens is 4. The molecule has 35 heavy (non-hydrogen) atoms. The maximum atomic E-state index is 13.7. The molecule has 1 amide bonds. The number of anilines is 1. The first kappa shape index (κ1) is 22.4. The second-order valence-corrected chi connectivity index (χ2v) is 8.06. The summed E-state index contributed by atoms with van der Waals surface area (Å²) in [4.78, 5) is 33.6. The third-order valence-electron chi connectivity index (χ3n) is 5.75. The fourth-order valence-electron chi connectivity index (χ4n) is 4.05. The Morgan fingerprint density at radius 2 is 1.66 bits per heavy atom. The molecule has 0 spiro atoms. The number of imidazole rings is 1. The number of alkyl halides is 2. The largest absolute Gasteiger partial charge is 0.326 e. The summed E-state index contributed by atoms with van der Waals surface area (Å²) in [6.07, 6.45) is 2.17. The molecule has 0 saturated heterocycles. The number of nitrogens with zero attached hydrogens (tertiary/aromatic N) is 4. The summed E-state index contributed by atoms with van der Waals surface area (Å²) >= 11 is 0. The fraction of sp³-hybridized carbons (Fsp3) is 0.154. The molecule has 2 aromatic heterocycles. The predicted molar refractivity (Wildman–Crippen MR) is 130 cm³/mol. The maximum absolute atomic E-state index is 13.7. The van der Waals surface area contributed by atoms with Gasteiger partial charge in [0.25, 0.3) is 5.56 Å². The lowest BCUT2D eigenvalue weighted by Gasteiger charge is -2.10. The van der Waals surface area contributed by atoms with E-state index in [2.05, 4.69) is 15.3 Å². The number of fused-ring (bicyclic) bond motifs is 2. The van der Waals surface area contributed by atoms with Crippen molar-refractivity contribution in [2.24, 2.45) is 0 Å². The van der Waals surface area contributed by atoms with Crippen LogP contribution in [-0.2, 0) is 11.3 Å². The summed E-state index contributed by atoms with van der Waals surface area (Å²) in [6, 6.07) is 20.5. The quantitative estimate of drug-likeness (QED) is 0.351. The van der Waals surface area contributed by atoms with Gasteiger partial charge in [0.1, 0.15) is 5.82 Å². The fourth-order valence-corrected chi connectivity index (χ4v) is 4.05. The third kappa shape index (κ3) is 4.52. The van der Waals surface area contributed by atoms with Crippen LogP contribution in [0.5, 0.6) is 0 Å². The first-order valence-electron chi connectivity index (χ1n) is 11.1. The van der Waals surface area contributed by atoms with Crippen LogP contribution in [0.25, 0.3) is 33.3 Å². The van der Waals surface area contributed by atoms with Gasteiger partial charge in [-0.3, -0.25) is 18.7 Å². The van der Waals surface area contributed by atoms with Gasteiger partial charge in [-0.15, -0.1) is 0 Å². The number of carbonyl (C=O) groups is 1. The molecule has 2 heterocycles. The number of halogens is 2. The molecule has 0 aliphatic carbocycles. The van der Waals surface area contributed by atoms with Crippen LogP contribution in [0.1, 0.15) is 19.4 Å². The van der Waals surface area contributed by atoms with Gasteiger partial charge >= 0.3 is 6.55 Å². The maximum Gasteiger partial charge on any atom is 0.320 e. The summed E-state index contributed by atoms with van der Waals surface area (Å²) in [5.41, 5.74) is 2.41. The molecule has 1 N–H and O–H groups in total. The van der Waals surface area contributed by atoms with E-state index in [9.17, 15) is 18.4 Å². The van der Waals surface area contributed by atoms with Crippen molar-refractivity contribution in [2.45, 2.75) is 25.9 Å². The van der Waals surface area contributed by atoms with Crippen molar-refractivity contribution in [1.82, 2.24) is 19.1 Å². The smallest absolute Gasteiger partial charge is 0.320 e. The Hall–Kier alpha value is -4.40. The summed E-state index contributed by atoms with van der Waals surface area (Å²) in [6.45, 7) is -2.37. The van der Waals surface area contributed by atoms with Crippen molar-refractivity contribution < 1.29 is 13.6 Å². The monoisotopic (exact) mass is 473 g/mol. The van der Waals surface area contributed by atoms with Gasteiger partial charge in [-0.05, 0) is 55.0 Å². The van der Waals surface area contributed by atoms with Crippen LogP contribution in [0, 0.1) is 0 Å². The predicted octanol–water partition coefficient (Wildman–Crippen LogP) is 5.23. The van der Waals surface area contributed by atoms with Crippen molar-refractivity contribution in [3.05, 3.63) is 89.5 Å². The molecule has 0 bridgehead atoms. The van der Waals surface area contributed by atoms with Gasteiger partial charge < -0.3 is 5.32 Å². The van der Waals surface area contributed by atoms with E-state index in [1.807, 2.05) is 6.07 Å². The lowest BCUT2D eigenvalue weighted by molar-refractivity contribution is -0.116. The number of rotatable bonds is 7. The van der Waals surface area contributed by atoms with Crippen LogP contribution in [0.3, 0.4) is 0 Å². The van der Waals surface area contributed by atoms with Crippen molar-refractivity contribution in [2.75, 3.05) is 5.32 Å². The van der Waals surface area contributed by atoms with E-state index in [-0.39, 0.29) is 23.7 Å². The van der Waals surface area contributed by atoms with Crippen LogP contribution in [0.2, 0.25) is 0 Å². The van der Waals surface area contributed by atoms with E-state index in [1.54, 1.807) is 66.7 Å². The number of aryl methyl sites for hydroxylation is 1. The van der Waals surface area contributed by atoms with Gasteiger partial charge in [-0.2, -0.15) is 8.78 Å². The highest BCUT2D eigenvalue weighted by Gasteiger charge is 2.18. The van der Waals surface area contributed by atoms with Gasteiger partial charge in [-0.25, -0.2) is 9.97 Å². The standard InChI is InChI=1S/C26H21F2N5O2/c27-26(28)33-22-9-4-3-8-21(22)31-24(33)17-11-13-18(14-12-17)30-23(34)10-5-15-32-16-29-20-7-2-1-6-19(20)25(32)35/h1-4,6-9,11-14,16,26H,5,10,15H2,(H,30,34). The summed E-state index contributed by atoms with van der Waals surface area (Å²) in [5, 5.41) is 3.34. The third-order valence-corrected chi connectivity index (χ3v) is 5.75. The molecule has 7 nitrogen and oxygen atoms in total. The number of carbonyl (C=O) groups excluding carboxylic acids is 1. The first-order valence-corrected chi connectivity index (χ1v) is 11.1. The van der Waals surface area contributed by atoms with Gasteiger partial charge in [0.05, 0.1) is 28.3 Å². The van der Waals surface area contributed by atoms with E-state index in [0.717, 1.165) is 4.57 Å². The number of hydrogen-bond donors (Lipinski definition) is 1. The second kappa shape index (κ2) is 9.46. The van der Waals surface area contributed by atoms with Crippen LogP contribution in [0.4, 0.5) is 14.5 Å². The number of nitrogens with one attached hydrogen (secondary N) is 1. The SMILES string of the molecule is O=C(CCCn1cnc2ccccc2c1=O)Nc1ccc(-c2nc3ccccc3n2C(F)F)cc1. The highest BCUT2D eigenvalue weighted by Crippen LogP contribution is 2.30. The zero-order valence-electron chi connectivity index (χ0n) is 18.6. The van der Waals surface area contributed by atoms with Crippen molar-refractivity contribution in [3.63, 3.8) is 0 Å². The Bertz CT molecular complexity index is 1570. The number of amides is 1. The molecule has 0 aliphatic heterocycles. The zero-order valence-corrected chi connectivity index (χ0v) is 18.6. The molecule has 0 radical (unpaired) electrons. The Kier molecular flexibility index (Phi) is 6.05. The molecule has 0 unspecified atom stereocenters. The van der Waals surface area contributed by atoms with E-state index in [1.165, 1.54) is 10.9 Å². The average molecular weight is 473 g/mol. The first-order chi connectivity index (χ1) is 17.0. The molecule has 0 fully saturated rings. The Morgan fingerprint density at radius 1 is 0.943 bits per heavy atom. The van der Waals surface area contributed by atoms with Crippen LogP contribution in [0.15, 0.2) is 83.9 Å². The topological polar surface area (TPSA) is 81.8 Å². The van der Waals surface area contributed by atoms with Gasteiger partial charge in [0.2, 0.25) is 5.91 Å². The minimum Gasteiger partial charge on any atom is -0.326 e. The van der Waals surface area contributed by atoms with E-state index in [0.29, 0.717) is 46.2 Å². The minimum atomic E-state index is -2.73. The zero-order chi connectivity index (χ0) is 24.4. The molecule has 0 atom stereocenters. The van der Waals surface area contributed by atoms with Crippen LogP contribution < -0.4 is 10.9 Å². The minimum absolute atomic E-state index is 0.138. The lowest BCUT2D eigenvalue weighted by Crippen LogP contribution is -2.21. The van der Waals surface area contributed by atoms with Crippen molar-refractivity contribution in [3.8, 4) is 11.4 Å². The molecule has 5 rings (SSSR count). The number of benzene rings is 3. The van der Waals surface area contributed by atoms with Crippen molar-refractivity contribution >= 4 is 33.5 Å². The average Bonchev–Trinajstić information content (AvgIpc) is 3.26. The Balaban J connectivity index is 1.23. The molecule has 176 valence electrons. The number of hydrogen-bond acceptors (Lipinski definition) is 4. The number of para-hydroxylation sites is 3. The molecule has 5 aromatic rings. The van der Waals surface area contributed by atoms with E-state index >= 15 is 0 Å². The Morgan fingerprint density at radius 3 is 2.43 bits per heavy atom. The molecule has 9 heteroatoms. The van der Waals surface area contributed by atoms with Crippen LogP contribution >= 0.6 is 0 Å². The highest BCUT2D eigenvalue weighted by atomic mass is 19.3. The molecular weight excluding hydrogens is 452 g/mol. The van der Waals surface area contributed by atoms with Crippen LogP contribution in [-0.4, -0.2) is 25.0 Å². The summed E-state index contributed by atoms with van der Waals surface area (Å²) in [5.74, 6) is -0.0483. The summed E-state index contributed by atoms with van der Waals surface area (Å²) < 4.78 is 29.8. The Labute approximate surface area is 198 Å². The summed E-state index contributed by atoms with van der Waals surface area (Å²) in [7, 11) is 0. The normalized spacial score (nSPS) is 11.4. The van der Waals surface area contributed by atoms with E-state index in [4.69, 9.17) is 0 Å². The molecule has 0 saturated carbocycles. The lowest BCUT2D eigenvalue weighted by atomic mass is 10.2.